The van der Waals surface area contributed by atoms with Gasteiger partial charge in [-0.25, -0.2) is 4.39 Å². The first-order valence-electron chi connectivity index (χ1n) is 8.90. The fraction of sp³-hybridized carbons (Fsp3) is 0.632. The number of nitrogens with zero attached hydrogens (tertiary/aromatic N) is 3. The highest BCUT2D eigenvalue weighted by Crippen LogP contribution is 2.24. The van der Waals surface area contributed by atoms with Crippen LogP contribution in [0.25, 0.3) is 0 Å². The largest absolute Gasteiger partial charge is 0.352 e. The molecule has 1 aromatic carbocycles. The lowest BCUT2D eigenvalue weighted by atomic mass is 10.1. The molecule has 0 aromatic heterocycles. The molecular weight excluding hydrogens is 462 g/mol. The van der Waals surface area contributed by atoms with E-state index in [0.717, 1.165) is 35.9 Å². The maximum Gasteiger partial charge on any atom is 0.193 e. The Morgan fingerprint density at radius 2 is 2.15 bits per heavy atom. The van der Waals surface area contributed by atoms with Crippen molar-refractivity contribution in [3.8, 4) is 0 Å². The Balaban J connectivity index is 0.00000338. The second-order valence-corrected chi connectivity index (χ2v) is 8.51. The van der Waals surface area contributed by atoms with E-state index in [1.807, 2.05) is 38.2 Å². The molecule has 2 rings (SSSR count). The van der Waals surface area contributed by atoms with Gasteiger partial charge in [0.2, 0.25) is 0 Å². The second-order valence-electron chi connectivity index (χ2n) is 7.16. The minimum Gasteiger partial charge on any atom is -0.352 e. The van der Waals surface area contributed by atoms with Crippen molar-refractivity contribution in [2.75, 3.05) is 40.0 Å². The normalized spacial score (nSPS) is 18.2. The summed E-state index contributed by atoms with van der Waals surface area (Å²) in [6.07, 6.45) is 0. The SMILES string of the molecule is CN=C(NCc1ccc(F)c(CN(C)C)c1)N1CCSC(C(C)C)C1.I. The Bertz CT molecular complexity index is 595. The zero-order valence-electron chi connectivity index (χ0n) is 16.5. The third-order valence-corrected chi connectivity index (χ3v) is 5.94. The van der Waals surface area contributed by atoms with Crippen LogP contribution in [0.5, 0.6) is 0 Å². The second kappa shape index (κ2) is 11.3. The Morgan fingerprint density at radius 3 is 2.77 bits per heavy atom. The van der Waals surface area contributed by atoms with Gasteiger partial charge in [-0.05, 0) is 37.7 Å². The first-order chi connectivity index (χ1) is 11.9. The summed E-state index contributed by atoms with van der Waals surface area (Å²) in [7, 11) is 5.73. The maximum atomic E-state index is 13.9. The average molecular weight is 494 g/mol. The van der Waals surface area contributed by atoms with E-state index in [0.29, 0.717) is 24.3 Å². The number of halogens is 2. The minimum atomic E-state index is -0.144. The van der Waals surface area contributed by atoms with Crippen molar-refractivity contribution in [2.45, 2.75) is 32.2 Å². The molecule has 1 aliphatic heterocycles. The third-order valence-electron chi connectivity index (χ3n) is 4.40. The number of thioether (sulfide) groups is 1. The lowest BCUT2D eigenvalue weighted by molar-refractivity contribution is 0.380. The molecule has 4 nitrogen and oxygen atoms in total. The van der Waals surface area contributed by atoms with Crippen LogP contribution in [0.15, 0.2) is 23.2 Å². The van der Waals surface area contributed by atoms with E-state index < -0.39 is 0 Å². The van der Waals surface area contributed by atoms with E-state index in [4.69, 9.17) is 0 Å². The number of aliphatic imine (C=N–C) groups is 1. The van der Waals surface area contributed by atoms with Gasteiger partial charge >= 0.3 is 0 Å². The van der Waals surface area contributed by atoms with Crippen molar-refractivity contribution in [2.24, 2.45) is 10.9 Å². The first kappa shape index (κ1) is 23.5. The number of benzene rings is 1. The van der Waals surface area contributed by atoms with Gasteiger partial charge in [-0.3, -0.25) is 4.99 Å². The zero-order valence-corrected chi connectivity index (χ0v) is 19.6. The van der Waals surface area contributed by atoms with Crippen LogP contribution in [-0.4, -0.2) is 61.0 Å². The molecule has 26 heavy (non-hydrogen) atoms. The highest BCUT2D eigenvalue weighted by atomic mass is 127. The van der Waals surface area contributed by atoms with Crippen molar-refractivity contribution in [3.05, 3.63) is 35.1 Å². The van der Waals surface area contributed by atoms with E-state index in [2.05, 4.69) is 40.8 Å². The van der Waals surface area contributed by atoms with E-state index in [1.165, 1.54) is 0 Å². The molecule has 0 saturated carbocycles. The molecule has 1 atom stereocenters. The average Bonchev–Trinajstić information content (AvgIpc) is 2.58. The number of hydrogen-bond donors (Lipinski definition) is 1. The molecule has 1 aliphatic rings. The molecular formula is C19H32FIN4S. The molecule has 0 spiro atoms. The highest BCUT2D eigenvalue weighted by molar-refractivity contribution is 14.0. The summed E-state index contributed by atoms with van der Waals surface area (Å²) in [6.45, 7) is 7.86. The fourth-order valence-corrected chi connectivity index (χ4v) is 4.28. The summed E-state index contributed by atoms with van der Waals surface area (Å²) < 4.78 is 13.9. The fourth-order valence-electron chi connectivity index (χ4n) is 2.98. The van der Waals surface area contributed by atoms with Gasteiger partial charge < -0.3 is 15.1 Å². The van der Waals surface area contributed by atoms with Crippen molar-refractivity contribution in [1.29, 1.82) is 0 Å². The lowest BCUT2D eigenvalue weighted by Gasteiger charge is -2.36. The topological polar surface area (TPSA) is 30.9 Å². The molecule has 1 aromatic rings. The van der Waals surface area contributed by atoms with E-state index in [9.17, 15) is 4.39 Å². The smallest absolute Gasteiger partial charge is 0.193 e. The summed E-state index contributed by atoms with van der Waals surface area (Å²) in [5.74, 6) is 2.59. The van der Waals surface area contributed by atoms with Gasteiger partial charge in [0.15, 0.2) is 5.96 Å². The van der Waals surface area contributed by atoms with E-state index >= 15 is 0 Å². The summed E-state index contributed by atoms with van der Waals surface area (Å²) >= 11 is 2.06. The summed E-state index contributed by atoms with van der Waals surface area (Å²) in [4.78, 5) is 8.77. The summed E-state index contributed by atoms with van der Waals surface area (Å²) in [6, 6.07) is 5.35. The number of hydrogen-bond acceptors (Lipinski definition) is 3. The molecule has 1 unspecified atom stereocenters. The molecule has 1 fully saturated rings. The molecule has 148 valence electrons. The van der Waals surface area contributed by atoms with Crippen molar-refractivity contribution in [1.82, 2.24) is 15.1 Å². The van der Waals surface area contributed by atoms with E-state index in [-0.39, 0.29) is 29.8 Å². The molecule has 0 bridgehead atoms. The first-order valence-corrected chi connectivity index (χ1v) is 9.94. The van der Waals surface area contributed by atoms with Gasteiger partial charge in [0.05, 0.1) is 0 Å². The predicted octanol–water partition coefficient (Wildman–Crippen LogP) is 3.65. The molecule has 0 radical (unpaired) electrons. The predicted molar refractivity (Wildman–Crippen MR) is 122 cm³/mol. The number of rotatable bonds is 5. The van der Waals surface area contributed by atoms with Gasteiger partial charge in [0.1, 0.15) is 5.82 Å². The van der Waals surface area contributed by atoms with Crippen molar-refractivity contribution >= 4 is 41.7 Å². The van der Waals surface area contributed by atoms with Gasteiger partial charge in [-0.1, -0.05) is 19.9 Å². The van der Waals surface area contributed by atoms with Crippen LogP contribution in [0.2, 0.25) is 0 Å². The van der Waals surface area contributed by atoms with Crippen molar-refractivity contribution < 1.29 is 4.39 Å². The maximum absolute atomic E-state index is 13.9. The van der Waals surface area contributed by atoms with Crippen LogP contribution in [-0.2, 0) is 13.1 Å². The minimum absolute atomic E-state index is 0. The van der Waals surface area contributed by atoms with Gasteiger partial charge in [-0.2, -0.15) is 11.8 Å². The number of nitrogens with one attached hydrogen (secondary N) is 1. The Kier molecular flexibility index (Phi) is 10.2. The summed E-state index contributed by atoms with van der Waals surface area (Å²) in [5, 5.41) is 4.09. The standard InChI is InChI=1S/C19H31FN4S.HI/c1-14(2)18-13-24(8-9-25-18)19(21-3)22-11-15-6-7-17(20)16(10-15)12-23(4)5;/h6-7,10,14,18H,8-9,11-13H2,1-5H3,(H,21,22);1H. The van der Waals surface area contributed by atoms with Gasteiger partial charge in [0.25, 0.3) is 0 Å². The Hall–Kier alpha value is -0.540. The lowest BCUT2D eigenvalue weighted by Crippen LogP contribution is -2.48. The van der Waals surface area contributed by atoms with E-state index in [1.54, 1.807) is 6.07 Å². The van der Waals surface area contributed by atoms with Crippen LogP contribution in [0.1, 0.15) is 25.0 Å². The van der Waals surface area contributed by atoms with Crippen LogP contribution >= 0.6 is 35.7 Å². The molecule has 1 N–H and O–H groups in total. The van der Waals surface area contributed by atoms with Gasteiger partial charge in [-0.15, -0.1) is 24.0 Å². The highest BCUT2D eigenvalue weighted by Gasteiger charge is 2.24. The molecule has 1 saturated heterocycles. The monoisotopic (exact) mass is 494 g/mol. The molecule has 1 heterocycles. The van der Waals surface area contributed by atoms with Crippen LogP contribution in [0.4, 0.5) is 4.39 Å². The van der Waals surface area contributed by atoms with Crippen LogP contribution < -0.4 is 5.32 Å². The van der Waals surface area contributed by atoms with Crippen LogP contribution in [0.3, 0.4) is 0 Å². The summed E-state index contributed by atoms with van der Waals surface area (Å²) in [5.41, 5.74) is 1.81. The molecule has 7 heteroatoms. The quantitative estimate of drug-likeness (QED) is 0.385. The van der Waals surface area contributed by atoms with Gasteiger partial charge in [0, 0.05) is 49.8 Å². The Morgan fingerprint density at radius 1 is 1.42 bits per heavy atom. The van der Waals surface area contributed by atoms with Crippen molar-refractivity contribution in [3.63, 3.8) is 0 Å². The number of guanidine groups is 1. The zero-order chi connectivity index (χ0) is 18.4. The Labute approximate surface area is 179 Å². The van der Waals surface area contributed by atoms with Crippen LogP contribution in [0, 0.1) is 11.7 Å². The molecule has 0 amide bonds. The molecule has 0 aliphatic carbocycles. The third kappa shape index (κ3) is 6.88.